The second kappa shape index (κ2) is 10.3. The number of hydrogen-bond acceptors (Lipinski definition) is 5. The van der Waals surface area contributed by atoms with Gasteiger partial charge in [-0.1, -0.05) is 72.8 Å². The van der Waals surface area contributed by atoms with Crippen molar-refractivity contribution in [2.75, 3.05) is 14.2 Å². The van der Waals surface area contributed by atoms with E-state index in [0.29, 0.717) is 28.4 Å². The van der Waals surface area contributed by atoms with Crippen molar-refractivity contribution in [1.82, 2.24) is 19.7 Å². The minimum Gasteiger partial charge on any atom is -0.493 e. The minimum absolute atomic E-state index is 0.453. The Morgan fingerprint density at radius 1 is 0.762 bits per heavy atom. The van der Waals surface area contributed by atoms with Gasteiger partial charge in [0.2, 0.25) is 0 Å². The molecule has 202 valence electrons. The maximum absolute atomic E-state index is 10.7. The summed E-state index contributed by atoms with van der Waals surface area (Å²) in [4.78, 5) is 8.57. The SMILES string of the molecule is COc1ccc(-c2c(C#N)c(-c3ccccc3)nc3c2c(-c2c[nH]c4ccccc24)nn3-c2ccccc2)cc1OC. The number of benzene rings is 4. The number of aromatic nitrogens is 4. The number of fused-ring (bicyclic) bond motifs is 2. The first kappa shape index (κ1) is 25.1. The summed E-state index contributed by atoms with van der Waals surface area (Å²) in [5.74, 6) is 1.17. The van der Waals surface area contributed by atoms with E-state index in [1.54, 1.807) is 14.2 Å². The first-order valence-electron chi connectivity index (χ1n) is 13.5. The number of para-hydroxylation sites is 2. The molecule has 7 nitrogen and oxygen atoms in total. The molecule has 7 rings (SSSR count). The Bertz CT molecular complexity index is 2120. The summed E-state index contributed by atoms with van der Waals surface area (Å²) in [5, 5.41) is 17.7. The van der Waals surface area contributed by atoms with Crippen LogP contribution in [-0.4, -0.2) is 34.0 Å². The molecule has 7 heteroatoms. The van der Waals surface area contributed by atoms with Gasteiger partial charge >= 0.3 is 0 Å². The summed E-state index contributed by atoms with van der Waals surface area (Å²) < 4.78 is 13.1. The molecule has 7 aromatic rings. The summed E-state index contributed by atoms with van der Waals surface area (Å²) in [6.45, 7) is 0. The molecule has 0 radical (unpaired) electrons. The number of nitrogens with zero attached hydrogens (tertiary/aromatic N) is 4. The lowest BCUT2D eigenvalue weighted by Crippen LogP contribution is -2.01. The molecule has 42 heavy (non-hydrogen) atoms. The molecule has 3 heterocycles. The first-order valence-corrected chi connectivity index (χ1v) is 13.5. The Morgan fingerprint density at radius 3 is 2.21 bits per heavy atom. The Kier molecular flexibility index (Phi) is 6.14. The van der Waals surface area contributed by atoms with Crippen molar-refractivity contribution in [3.8, 4) is 56.9 Å². The summed E-state index contributed by atoms with van der Waals surface area (Å²) in [7, 11) is 3.21. The smallest absolute Gasteiger partial charge is 0.164 e. The fourth-order valence-electron chi connectivity index (χ4n) is 5.55. The van der Waals surface area contributed by atoms with E-state index in [-0.39, 0.29) is 0 Å². The van der Waals surface area contributed by atoms with Crippen LogP contribution in [0.2, 0.25) is 0 Å². The molecule has 3 aromatic heterocycles. The van der Waals surface area contributed by atoms with Gasteiger partial charge in [0.15, 0.2) is 17.1 Å². The van der Waals surface area contributed by atoms with Crippen LogP contribution in [0.15, 0.2) is 109 Å². The molecule has 0 spiro atoms. The number of methoxy groups -OCH3 is 2. The molecule has 0 aliphatic rings. The van der Waals surface area contributed by atoms with Crippen molar-refractivity contribution in [3.63, 3.8) is 0 Å². The van der Waals surface area contributed by atoms with E-state index >= 15 is 0 Å². The van der Waals surface area contributed by atoms with Gasteiger partial charge in [-0.25, -0.2) is 9.67 Å². The van der Waals surface area contributed by atoms with Crippen molar-refractivity contribution in [2.45, 2.75) is 0 Å². The fraction of sp³-hybridized carbons (Fsp3) is 0.0571. The van der Waals surface area contributed by atoms with E-state index in [0.717, 1.165) is 49.9 Å². The number of hydrogen-bond donors (Lipinski definition) is 1. The van der Waals surface area contributed by atoms with Gasteiger partial charge < -0.3 is 14.5 Å². The van der Waals surface area contributed by atoms with Crippen molar-refractivity contribution < 1.29 is 9.47 Å². The van der Waals surface area contributed by atoms with Crippen LogP contribution in [0.5, 0.6) is 11.5 Å². The molecule has 0 bridgehead atoms. The average molecular weight is 548 g/mol. The lowest BCUT2D eigenvalue weighted by atomic mass is 9.92. The molecule has 0 saturated carbocycles. The standard InChI is InChI=1S/C35H25N5O2/c1-41-29-18-17-23(19-30(29)42-2)31-26(20-36)33(22-11-5-3-6-12-22)38-35-32(31)34(39-40(35)24-13-7-4-8-14-24)27-21-37-28-16-10-9-15-25(27)28/h3-19,21,37H,1-2H3. The van der Waals surface area contributed by atoms with Crippen LogP contribution in [-0.2, 0) is 0 Å². The third kappa shape index (κ3) is 3.97. The van der Waals surface area contributed by atoms with E-state index < -0.39 is 0 Å². The highest BCUT2D eigenvalue weighted by Gasteiger charge is 2.27. The zero-order valence-electron chi connectivity index (χ0n) is 23.0. The maximum atomic E-state index is 10.7. The second-order valence-electron chi connectivity index (χ2n) is 9.80. The van der Waals surface area contributed by atoms with Gasteiger partial charge in [-0.2, -0.15) is 10.4 Å². The monoisotopic (exact) mass is 547 g/mol. The Morgan fingerprint density at radius 2 is 1.48 bits per heavy atom. The van der Waals surface area contributed by atoms with Gasteiger partial charge in [-0.05, 0) is 35.9 Å². The molecule has 4 aromatic carbocycles. The van der Waals surface area contributed by atoms with Crippen LogP contribution in [0.4, 0.5) is 0 Å². The van der Waals surface area contributed by atoms with Crippen molar-refractivity contribution in [1.29, 1.82) is 5.26 Å². The normalized spacial score (nSPS) is 11.1. The molecule has 0 amide bonds. The number of ether oxygens (including phenoxy) is 2. The van der Waals surface area contributed by atoms with Crippen LogP contribution >= 0.6 is 0 Å². The molecule has 0 atom stereocenters. The maximum Gasteiger partial charge on any atom is 0.164 e. The van der Waals surface area contributed by atoms with Gasteiger partial charge in [0, 0.05) is 33.8 Å². The van der Waals surface area contributed by atoms with Crippen LogP contribution in [0.1, 0.15) is 5.56 Å². The van der Waals surface area contributed by atoms with Crippen LogP contribution in [0.25, 0.3) is 61.3 Å². The zero-order chi connectivity index (χ0) is 28.6. The summed E-state index contributed by atoms with van der Waals surface area (Å²) in [6, 6.07) is 36.1. The number of nitrogens with one attached hydrogen (secondary N) is 1. The van der Waals surface area contributed by atoms with Gasteiger partial charge in [0.1, 0.15) is 11.8 Å². The minimum atomic E-state index is 0.453. The average Bonchev–Trinajstić information content (AvgIpc) is 3.66. The number of pyridine rings is 1. The quantitative estimate of drug-likeness (QED) is 0.230. The van der Waals surface area contributed by atoms with Crippen LogP contribution in [0, 0.1) is 11.3 Å². The predicted molar refractivity (Wildman–Crippen MR) is 165 cm³/mol. The van der Waals surface area contributed by atoms with Crippen LogP contribution in [0.3, 0.4) is 0 Å². The van der Waals surface area contributed by atoms with Gasteiger partial charge in [0.25, 0.3) is 0 Å². The van der Waals surface area contributed by atoms with Gasteiger partial charge in [0.05, 0.1) is 36.6 Å². The second-order valence-corrected chi connectivity index (χ2v) is 9.80. The van der Waals surface area contributed by atoms with Crippen molar-refractivity contribution >= 4 is 21.9 Å². The molecule has 0 saturated heterocycles. The molecule has 0 aliphatic carbocycles. The first-order chi connectivity index (χ1) is 20.7. The largest absolute Gasteiger partial charge is 0.493 e. The van der Waals surface area contributed by atoms with E-state index in [1.165, 1.54) is 0 Å². The molecule has 0 fully saturated rings. The highest BCUT2D eigenvalue weighted by atomic mass is 16.5. The third-order valence-electron chi connectivity index (χ3n) is 7.49. The Balaban J connectivity index is 1.68. The topological polar surface area (TPSA) is 88.8 Å². The molecule has 0 unspecified atom stereocenters. The molecular formula is C35H25N5O2. The highest BCUT2D eigenvalue weighted by molar-refractivity contribution is 6.11. The number of rotatable bonds is 6. The highest BCUT2D eigenvalue weighted by Crippen LogP contribution is 2.44. The van der Waals surface area contributed by atoms with E-state index in [4.69, 9.17) is 19.6 Å². The van der Waals surface area contributed by atoms with Gasteiger partial charge in [-0.3, -0.25) is 0 Å². The summed E-state index contributed by atoms with van der Waals surface area (Å²) in [5.41, 5.74) is 7.54. The molecule has 0 aliphatic heterocycles. The van der Waals surface area contributed by atoms with Gasteiger partial charge in [-0.15, -0.1) is 0 Å². The number of nitriles is 1. The lowest BCUT2D eigenvalue weighted by molar-refractivity contribution is 0.355. The fourth-order valence-corrected chi connectivity index (χ4v) is 5.55. The summed E-state index contributed by atoms with van der Waals surface area (Å²) in [6.07, 6.45) is 1.97. The van der Waals surface area contributed by atoms with Crippen LogP contribution < -0.4 is 9.47 Å². The van der Waals surface area contributed by atoms with E-state index in [1.807, 2.05) is 108 Å². The lowest BCUT2D eigenvalue weighted by Gasteiger charge is -2.15. The molecule has 1 N–H and O–H groups in total. The van der Waals surface area contributed by atoms with Crippen molar-refractivity contribution in [3.05, 3.63) is 115 Å². The van der Waals surface area contributed by atoms with Crippen molar-refractivity contribution in [2.24, 2.45) is 0 Å². The Hall–Kier alpha value is -5.87. The number of aromatic amines is 1. The third-order valence-corrected chi connectivity index (χ3v) is 7.49. The zero-order valence-corrected chi connectivity index (χ0v) is 23.0. The van der Waals surface area contributed by atoms with E-state index in [9.17, 15) is 5.26 Å². The summed E-state index contributed by atoms with van der Waals surface area (Å²) >= 11 is 0. The molecular weight excluding hydrogens is 522 g/mol. The van der Waals surface area contributed by atoms with E-state index in [2.05, 4.69) is 17.1 Å². The number of H-pyrrole nitrogens is 1. The Labute approximate surface area is 242 Å². The predicted octanol–water partition coefficient (Wildman–Crippen LogP) is 7.79.